The molecule has 7 nitrogen and oxygen atoms in total. The summed E-state index contributed by atoms with van der Waals surface area (Å²) in [6.07, 6.45) is 1.78. The van der Waals surface area contributed by atoms with Gasteiger partial charge in [-0.1, -0.05) is 12.1 Å². The van der Waals surface area contributed by atoms with Crippen molar-refractivity contribution in [1.29, 1.82) is 0 Å². The number of carbonyl (C=O) groups excluding carboxylic acids is 1. The number of ether oxygens (including phenoxy) is 1. The van der Waals surface area contributed by atoms with E-state index in [1.54, 1.807) is 24.3 Å². The maximum Gasteiger partial charge on any atom is 0.407 e. The average Bonchev–Trinajstić information content (AvgIpc) is 2.52. The van der Waals surface area contributed by atoms with Crippen LogP contribution in [0.15, 0.2) is 24.3 Å². The lowest BCUT2D eigenvalue weighted by Crippen LogP contribution is -2.41. The molecule has 1 atom stereocenters. The van der Waals surface area contributed by atoms with Crippen LogP contribution in [0.5, 0.6) is 0 Å². The SMILES string of the molecule is CC(C)(C)OC(=O)NCC1CCCN(Cc2ccc([N+](=O)[O-])cc2)C1. The van der Waals surface area contributed by atoms with Crippen LogP contribution in [0.3, 0.4) is 0 Å². The van der Waals surface area contributed by atoms with Gasteiger partial charge in [-0.15, -0.1) is 0 Å². The van der Waals surface area contributed by atoms with Crippen LogP contribution in [0.1, 0.15) is 39.2 Å². The van der Waals surface area contributed by atoms with Gasteiger partial charge in [-0.2, -0.15) is 0 Å². The summed E-state index contributed by atoms with van der Waals surface area (Å²) >= 11 is 0. The Morgan fingerprint density at radius 1 is 1.36 bits per heavy atom. The van der Waals surface area contributed by atoms with E-state index in [1.807, 2.05) is 20.8 Å². The average molecular weight is 349 g/mol. The first kappa shape index (κ1) is 19.2. The minimum atomic E-state index is -0.487. The van der Waals surface area contributed by atoms with Crippen LogP contribution in [0, 0.1) is 16.0 Å². The standard InChI is InChI=1S/C18H27N3O4/c1-18(2,3)25-17(22)19-11-15-5-4-10-20(13-15)12-14-6-8-16(9-7-14)21(23)24/h6-9,15H,4-5,10-13H2,1-3H3,(H,19,22). The van der Waals surface area contributed by atoms with E-state index in [0.29, 0.717) is 12.5 Å². The predicted octanol–water partition coefficient (Wildman–Crippen LogP) is 3.33. The molecule has 1 aliphatic heterocycles. The number of hydrogen-bond donors (Lipinski definition) is 1. The number of hydrogen-bond acceptors (Lipinski definition) is 5. The zero-order valence-corrected chi connectivity index (χ0v) is 15.2. The van der Waals surface area contributed by atoms with E-state index in [9.17, 15) is 14.9 Å². The van der Waals surface area contributed by atoms with Crippen molar-refractivity contribution in [2.24, 2.45) is 5.92 Å². The summed E-state index contributed by atoms with van der Waals surface area (Å²) in [5.74, 6) is 0.388. The smallest absolute Gasteiger partial charge is 0.407 e. The number of nitrogens with zero attached hydrogens (tertiary/aromatic N) is 2. The Kier molecular flexibility index (Phi) is 6.36. The molecule has 1 unspecified atom stereocenters. The van der Waals surface area contributed by atoms with Crippen molar-refractivity contribution in [1.82, 2.24) is 10.2 Å². The summed E-state index contributed by atoms with van der Waals surface area (Å²) in [5, 5.41) is 13.6. The second-order valence-corrected chi connectivity index (χ2v) is 7.55. The molecule has 1 N–H and O–H groups in total. The number of piperidine rings is 1. The van der Waals surface area contributed by atoms with E-state index >= 15 is 0 Å². The van der Waals surface area contributed by atoms with Gasteiger partial charge >= 0.3 is 6.09 Å². The van der Waals surface area contributed by atoms with Gasteiger partial charge in [-0.05, 0) is 51.6 Å². The molecule has 2 rings (SSSR count). The van der Waals surface area contributed by atoms with Crippen molar-refractivity contribution in [3.05, 3.63) is 39.9 Å². The van der Waals surface area contributed by atoms with Gasteiger partial charge in [0.1, 0.15) is 5.60 Å². The lowest BCUT2D eigenvalue weighted by atomic mass is 9.97. The van der Waals surface area contributed by atoms with E-state index in [-0.39, 0.29) is 16.7 Å². The molecule has 138 valence electrons. The van der Waals surface area contributed by atoms with E-state index in [4.69, 9.17) is 4.74 Å². The first-order chi connectivity index (χ1) is 11.7. The van der Waals surface area contributed by atoms with Crippen molar-refractivity contribution in [3.8, 4) is 0 Å². The maximum absolute atomic E-state index is 11.8. The van der Waals surface area contributed by atoms with E-state index < -0.39 is 5.60 Å². The molecule has 0 radical (unpaired) electrons. The molecule has 0 aromatic heterocycles. The van der Waals surface area contributed by atoms with Gasteiger partial charge in [0.25, 0.3) is 5.69 Å². The largest absolute Gasteiger partial charge is 0.444 e. The highest BCUT2D eigenvalue weighted by Crippen LogP contribution is 2.19. The van der Waals surface area contributed by atoms with Gasteiger partial charge in [0, 0.05) is 31.8 Å². The number of nitro benzene ring substituents is 1. The van der Waals surface area contributed by atoms with Crippen LogP contribution in [0.2, 0.25) is 0 Å². The van der Waals surface area contributed by atoms with Gasteiger partial charge in [0.2, 0.25) is 0 Å². The maximum atomic E-state index is 11.8. The second kappa shape index (κ2) is 8.29. The first-order valence-corrected chi connectivity index (χ1v) is 8.65. The number of nitrogens with one attached hydrogen (secondary N) is 1. The first-order valence-electron chi connectivity index (χ1n) is 8.65. The van der Waals surface area contributed by atoms with Crippen molar-refractivity contribution < 1.29 is 14.5 Å². The molecule has 0 saturated carbocycles. The summed E-state index contributed by atoms with van der Waals surface area (Å²) < 4.78 is 5.26. The van der Waals surface area contributed by atoms with Crippen LogP contribution >= 0.6 is 0 Å². The van der Waals surface area contributed by atoms with E-state index in [1.165, 1.54) is 0 Å². The number of rotatable bonds is 5. The molecule has 1 aromatic carbocycles. The molecule has 0 bridgehead atoms. The third-order valence-electron chi connectivity index (χ3n) is 4.09. The number of likely N-dealkylation sites (tertiary alicyclic amines) is 1. The molecule has 1 aliphatic rings. The summed E-state index contributed by atoms with van der Waals surface area (Å²) in [6, 6.07) is 6.70. The highest BCUT2D eigenvalue weighted by Gasteiger charge is 2.22. The lowest BCUT2D eigenvalue weighted by molar-refractivity contribution is -0.384. The van der Waals surface area contributed by atoms with Crippen LogP contribution in [0.25, 0.3) is 0 Å². The fourth-order valence-electron chi connectivity index (χ4n) is 2.98. The molecule has 0 aliphatic carbocycles. The van der Waals surface area contributed by atoms with Gasteiger partial charge in [0.05, 0.1) is 4.92 Å². The van der Waals surface area contributed by atoms with Crippen LogP contribution in [-0.2, 0) is 11.3 Å². The van der Waals surface area contributed by atoms with Crippen LogP contribution < -0.4 is 5.32 Å². The minimum Gasteiger partial charge on any atom is -0.444 e. The summed E-state index contributed by atoms with van der Waals surface area (Å²) in [7, 11) is 0. The van der Waals surface area contributed by atoms with Crippen molar-refractivity contribution in [3.63, 3.8) is 0 Å². The Morgan fingerprint density at radius 2 is 2.04 bits per heavy atom. The number of carbonyl (C=O) groups is 1. The van der Waals surface area contributed by atoms with Crippen LogP contribution in [-0.4, -0.2) is 41.2 Å². The molecule has 25 heavy (non-hydrogen) atoms. The van der Waals surface area contributed by atoms with Gasteiger partial charge < -0.3 is 10.1 Å². The van der Waals surface area contributed by atoms with Crippen LogP contribution in [0.4, 0.5) is 10.5 Å². The number of benzene rings is 1. The Balaban J connectivity index is 1.80. The van der Waals surface area contributed by atoms with Gasteiger partial charge in [-0.25, -0.2) is 4.79 Å². The zero-order valence-electron chi connectivity index (χ0n) is 15.2. The zero-order chi connectivity index (χ0) is 18.4. The Hall–Kier alpha value is -2.15. The third-order valence-corrected chi connectivity index (χ3v) is 4.09. The Morgan fingerprint density at radius 3 is 2.64 bits per heavy atom. The molecular formula is C18H27N3O4. The van der Waals surface area contributed by atoms with Gasteiger partial charge in [-0.3, -0.25) is 15.0 Å². The molecule has 1 fully saturated rings. The number of nitro groups is 1. The Bertz CT molecular complexity index is 595. The minimum absolute atomic E-state index is 0.113. The van der Waals surface area contributed by atoms with Crippen molar-refractivity contribution >= 4 is 11.8 Å². The summed E-state index contributed by atoms with van der Waals surface area (Å²) in [6.45, 7) is 8.80. The third kappa shape index (κ3) is 6.70. The fourth-order valence-corrected chi connectivity index (χ4v) is 2.98. The van der Waals surface area contributed by atoms with Crippen molar-refractivity contribution in [2.45, 2.75) is 45.8 Å². The highest BCUT2D eigenvalue weighted by molar-refractivity contribution is 5.67. The summed E-state index contributed by atoms with van der Waals surface area (Å²) in [4.78, 5) is 24.4. The van der Waals surface area contributed by atoms with E-state index in [2.05, 4.69) is 10.2 Å². The quantitative estimate of drug-likeness (QED) is 0.651. The van der Waals surface area contributed by atoms with Crippen molar-refractivity contribution in [2.75, 3.05) is 19.6 Å². The number of alkyl carbamates (subject to hydrolysis) is 1. The van der Waals surface area contributed by atoms with Gasteiger partial charge in [0.15, 0.2) is 0 Å². The fraction of sp³-hybridized carbons (Fsp3) is 0.611. The molecule has 7 heteroatoms. The monoisotopic (exact) mass is 349 g/mol. The number of non-ortho nitro benzene ring substituents is 1. The Labute approximate surface area is 148 Å². The highest BCUT2D eigenvalue weighted by atomic mass is 16.6. The summed E-state index contributed by atoms with van der Waals surface area (Å²) in [5.41, 5.74) is 0.687. The molecule has 1 saturated heterocycles. The molecule has 0 spiro atoms. The topological polar surface area (TPSA) is 84.7 Å². The second-order valence-electron chi connectivity index (χ2n) is 7.55. The number of amides is 1. The molecule has 1 aromatic rings. The normalized spacial score (nSPS) is 18.6. The molecular weight excluding hydrogens is 322 g/mol. The van der Waals surface area contributed by atoms with E-state index in [0.717, 1.165) is 38.0 Å². The lowest BCUT2D eigenvalue weighted by Gasteiger charge is -2.33. The predicted molar refractivity (Wildman–Crippen MR) is 95.3 cm³/mol. The molecule has 1 amide bonds. The molecule has 1 heterocycles.